The number of aromatic nitrogens is 2. The van der Waals surface area contributed by atoms with Crippen LogP contribution in [0.4, 0.5) is 0 Å². The first-order valence-corrected chi connectivity index (χ1v) is 18.3. The van der Waals surface area contributed by atoms with E-state index in [2.05, 4.69) is 172 Å². The van der Waals surface area contributed by atoms with Crippen LogP contribution in [0.25, 0.3) is 88.8 Å². The van der Waals surface area contributed by atoms with Crippen LogP contribution in [0.3, 0.4) is 0 Å². The maximum atomic E-state index is 5.19. The lowest BCUT2D eigenvalue weighted by Gasteiger charge is -2.22. The summed E-state index contributed by atoms with van der Waals surface area (Å²) in [7, 11) is 0. The summed E-state index contributed by atoms with van der Waals surface area (Å²) in [5.74, 6) is 0.718. The van der Waals surface area contributed by atoms with Crippen LogP contribution in [0.2, 0.25) is 0 Å². The summed E-state index contributed by atoms with van der Waals surface area (Å²) in [6.07, 6.45) is 0. The van der Waals surface area contributed by atoms with Crippen LogP contribution in [0, 0.1) is 0 Å². The normalized spacial score (nSPS) is 12.9. The topological polar surface area (TPSA) is 25.8 Å². The summed E-state index contributed by atoms with van der Waals surface area (Å²) in [5.41, 5.74) is 15.4. The number of hydrogen-bond donors (Lipinski definition) is 0. The molecule has 0 spiro atoms. The van der Waals surface area contributed by atoms with Gasteiger partial charge in [-0.1, -0.05) is 190 Å². The summed E-state index contributed by atoms with van der Waals surface area (Å²) in [5, 5.41) is 4.85. The molecule has 53 heavy (non-hydrogen) atoms. The van der Waals surface area contributed by atoms with E-state index in [0.717, 1.165) is 39.3 Å². The number of benzene rings is 8. The fraction of sp³-hybridized carbons (Fsp3) is 0.0588. The molecule has 1 aliphatic rings. The molecule has 0 saturated heterocycles. The molecule has 0 N–H and O–H groups in total. The van der Waals surface area contributed by atoms with E-state index in [9.17, 15) is 0 Å². The van der Waals surface area contributed by atoms with Crippen molar-refractivity contribution in [1.29, 1.82) is 0 Å². The lowest BCUT2D eigenvalue weighted by Crippen LogP contribution is -2.14. The zero-order chi connectivity index (χ0) is 35.5. The second-order valence-corrected chi connectivity index (χ2v) is 14.5. The van der Waals surface area contributed by atoms with Crippen molar-refractivity contribution < 1.29 is 0 Å². The van der Waals surface area contributed by atoms with E-state index < -0.39 is 0 Å². The van der Waals surface area contributed by atoms with Gasteiger partial charge in [-0.2, -0.15) is 0 Å². The van der Waals surface area contributed by atoms with Crippen LogP contribution in [0.5, 0.6) is 0 Å². The predicted octanol–water partition coefficient (Wildman–Crippen LogP) is 13.4. The van der Waals surface area contributed by atoms with Crippen LogP contribution >= 0.6 is 0 Å². The molecule has 0 bridgehead atoms. The summed E-state index contributed by atoms with van der Waals surface area (Å²) >= 11 is 0. The highest BCUT2D eigenvalue weighted by atomic mass is 14.9. The Kier molecular flexibility index (Phi) is 7.19. The minimum absolute atomic E-state index is 0.0499. The van der Waals surface area contributed by atoms with E-state index in [0.29, 0.717) is 0 Å². The van der Waals surface area contributed by atoms with Crippen LogP contribution < -0.4 is 0 Å². The van der Waals surface area contributed by atoms with E-state index in [1.165, 1.54) is 60.7 Å². The zero-order valence-electron chi connectivity index (χ0n) is 29.7. The average Bonchev–Trinajstić information content (AvgIpc) is 3.46. The molecule has 0 saturated carbocycles. The van der Waals surface area contributed by atoms with E-state index in [1.807, 2.05) is 24.3 Å². The van der Waals surface area contributed by atoms with Gasteiger partial charge in [0, 0.05) is 22.1 Å². The fourth-order valence-corrected chi connectivity index (χ4v) is 8.56. The van der Waals surface area contributed by atoms with Gasteiger partial charge in [-0.25, -0.2) is 9.97 Å². The first kappa shape index (κ1) is 31.1. The van der Waals surface area contributed by atoms with Gasteiger partial charge in [0.05, 0.1) is 11.4 Å². The van der Waals surface area contributed by atoms with Crippen LogP contribution in [-0.2, 0) is 5.41 Å². The molecule has 250 valence electrons. The number of nitrogens with zero attached hydrogens (tertiary/aromatic N) is 2. The van der Waals surface area contributed by atoms with Gasteiger partial charge in [0.15, 0.2) is 5.82 Å². The Bertz CT molecular complexity index is 2790. The lowest BCUT2D eigenvalue weighted by molar-refractivity contribution is 0.660. The molecule has 0 unspecified atom stereocenters. The molecule has 0 aliphatic heterocycles. The molecule has 0 fully saturated rings. The molecule has 10 rings (SSSR count). The Morgan fingerprint density at radius 1 is 0.340 bits per heavy atom. The molecular weight excluding hydrogens is 641 g/mol. The summed E-state index contributed by atoms with van der Waals surface area (Å²) in [4.78, 5) is 10.2. The summed E-state index contributed by atoms with van der Waals surface area (Å²) in [6.45, 7) is 4.70. The Balaban J connectivity index is 1.16. The van der Waals surface area contributed by atoms with E-state index in [4.69, 9.17) is 9.97 Å². The van der Waals surface area contributed by atoms with Crippen LogP contribution in [0.1, 0.15) is 25.0 Å². The van der Waals surface area contributed by atoms with Crippen LogP contribution in [-0.4, -0.2) is 9.97 Å². The van der Waals surface area contributed by atoms with Crippen molar-refractivity contribution in [2.24, 2.45) is 0 Å². The van der Waals surface area contributed by atoms with Gasteiger partial charge in [0.25, 0.3) is 0 Å². The third-order valence-electron chi connectivity index (χ3n) is 11.1. The molecule has 8 aromatic carbocycles. The summed E-state index contributed by atoms with van der Waals surface area (Å²) in [6, 6.07) is 65.4. The van der Waals surface area contributed by atoms with Gasteiger partial charge in [-0.3, -0.25) is 0 Å². The summed E-state index contributed by atoms with van der Waals surface area (Å²) < 4.78 is 0. The smallest absolute Gasteiger partial charge is 0.160 e. The van der Waals surface area contributed by atoms with Crippen molar-refractivity contribution in [3.05, 3.63) is 193 Å². The van der Waals surface area contributed by atoms with Crippen molar-refractivity contribution in [3.8, 4) is 67.3 Å². The minimum atomic E-state index is -0.0499. The number of hydrogen-bond acceptors (Lipinski definition) is 2. The van der Waals surface area contributed by atoms with Gasteiger partial charge in [0.2, 0.25) is 0 Å². The molecule has 2 heteroatoms. The number of fused-ring (bicyclic) bond motifs is 5. The highest BCUT2D eigenvalue weighted by Gasteiger charge is 2.36. The van der Waals surface area contributed by atoms with Crippen molar-refractivity contribution in [2.75, 3.05) is 0 Å². The predicted molar refractivity (Wildman–Crippen MR) is 222 cm³/mol. The molecule has 0 radical (unpaired) electrons. The first-order valence-electron chi connectivity index (χ1n) is 18.3. The standard InChI is InChI=1S/C51H36N2/c1-51(2)45-26-14-13-24-44(45)49-43(25-15-27-46(49)51)41-29-28-39(35-20-9-10-21-36(35)41)40-30-31-42(38-23-12-11-22-37(38)40)48-32-47(33-16-5-3-6-17-33)52-50(53-48)34-18-7-4-8-19-34/h3-32H,1-2H3. The monoisotopic (exact) mass is 676 g/mol. The van der Waals surface area contributed by atoms with Crippen molar-refractivity contribution >= 4 is 21.5 Å². The Hall–Kier alpha value is -6.64. The van der Waals surface area contributed by atoms with Crippen molar-refractivity contribution in [1.82, 2.24) is 9.97 Å². The quantitative estimate of drug-likeness (QED) is 0.181. The third kappa shape index (κ3) is 5.02. The second kappa shape index (κ2) is 12.3. The van der Waals surface area contributed by atoms with E-state index >= 15 is 0 Å². The van der Waals surface area contributed by atoms with Crippen molar-refractivity contribution in [3.63, 3.8) is 0 Å². The highest BCUT2D eigenvalue weighted by Crippen LogP contribution is 2.53. The lowest BCUT2D eigenvalue weighted by atomic mass is 9.81. The zero-order valence-corrected chi connectivity index (χ0v) is 29.7. The molecule has 0 atom stereocenters. The van der Waals surface area contributed by atoms with Crippen molar-refractivity contribution in [2.45, 2.75) is 19.3 Å². The minimum Gasteiger partial charge on any atom is -0.228 e. The van der Waals surface area contributed by atoms with Gasteiger partial charge in [0.1, 0.15) is 0 Å². The van der Waals surface area contributed by atoms with Gasteiger partial charge in [-0.15, -0.1) is 0 Å². The van der Waals surface area contributed by atoms with E-state index in [1.54, 1.807) is 0 Å². The van der Waals surface area contributed by atoms with Gasteiger partial charge < -0.3 is 0 Å². The molecule has 2 nitrogen and oxygen atoms in total. The maximum Gasteiger partial charge on any atom is 0.160 e. The van der Waals surface area contributed by atoms with Gasteiger partial charge in [-0.05, 0) is 72.1 Å². The first-order chi connectivity index (χ1) is 26.1. The second-order valence-electron chi connectivity index (χ2n) is 14.5. The number of rotatable bonds is 5. The fourth-order valence-electron chi connectivity index (χ4n) is 8.56. The Morgan fingerprint density at radius 3 is 1.43 bits per heavy atom. The highest BCUT2D eigenvalue weighted by molar-refractivity contribution is 6.13. The molecule has 1 aliphatic carbocycles. The molecule has 0 amide bonds. The largest absolute Gasteiger partial charge is 0.228 e. The van der Waals surface area contributed by atoms with Gasteiger partial charge >= 0.3 is 0 Å². The molecule has 1 heterocycles. The van der Waals surface area contributed by atoms with E-state index in [-0.39, 0.29) is 5.41 Å². The Morgan fingerprint density at radius 2 is 0.792 bits per heavy atom. The molecule has 1 aromatic heterocycles. The maximum absolute atomic E-state index is 5.19. The van der Waals surface area contributed by atoms with Crippen LogP contribution in [0.15, 0.2) is 182 Å². The molecule has 9 aromatic rings. The SMILES string of the molecule is CC1(C)c2ccccc2-c2c(-c3ccc(-c4ccc(-c5cc(-c6ccccc6)nc(-c6ccccc6)n5)c5ccccc45)c4ccccc34)cccc21. The third-order valence-corrected chi connectivity index (χ3v) is 11.1. The molecular formula is C51H36N2. The average molecular weight is 677 g/mol. The Labute approximate surface area is 310 Å².